The average Bonchev–Trinajstić information content (AvgIpc) is 2.94. The highest BCUT2D eigenvalue weighted by molar-refractivity contribution is 7.99. The zero-order valence-electron chi connectivity index (χ0n) is 20.5. The van der Waals surface area contributed by atoms with E-state index in [0.29, 0.717) is 17.0 Å². The number of thioether (sulfide) groups is 1. The molecule has 0 aliphatic heterocycles. The monoisotopic (exact) mass is 525 g/mol. The Morgan fingerprint density at radius 1 is 0.947 bits per heavy atom. The standard InChI is InChI=1S/C30H27N3O4S/c31-27(30(36)37)19-38-18-26(21-4-2-1-3-5-21)29(35)22-9-6-20(7-10-22)8-13-28(34)33-25-12-11-24-17-32-15-14-23(24)16-25/h1-17,26-27H,18-19,31H2,(H,33,34)(H,36,37)/b13-8+. The lowest BCUT2D eigenvalue weighted by Crippen LogP contribution is -2.32. The van der Waals surface area contributed by atoms with Crippen LogP contribution < -0.4 is 11.1 Å². The Morgan fingerprint density at radius 3 is 2.45 bits per heavy atom. The average molecular weight is 526 g/mol. The fourth-order valence-corrected chi connectivity index (χ4v) is 4.98. The van der Waals surface area contributed by atoms with Gasteiger partial charge in [-0.05, 0) is 40.8 Å². The van der Waals surface area contributed by atoms with Crippen LogP contribution in [0.5, 0.6) is 0 Å². The molecule has 0 spiro atoms. The SMILES string of the molecule is NC(CSCC(C(=O)c1ccc(/C=C/C(=O)Nc2ccc3cnccc3c2)cc1)c1ccccc1)C(=O)O. The first-order valence-electron chi connectivity index (χ1n) is 12.0. The molecule has 0 aliphatic rings. The van der Waals surface area contributed by atoms with Gasteiger partial charge in [0.2, 0.25) is 5.91 Å². The Labute approximate surface area is 224 Å². The lowest BCUT2D eigenvalue weighted by atomic mass is 9.92. The zero-order chi connectivity index (χ0) is 26.9. The van der Waals surface area contributed by atoms with E-state index in [0.717, 1.165) is 21.9 Å². The van der Waals surface area contributed by atoms with Gasteiger partial charge in [-0.3, -0.25) is 19.4 Å². The number of aliphatic carboxylic acids is 1. The minimum Gasteiger partial charge on any atom is -0.480 e. The van der Waals surface area contributed by atoms with Gasteiger partial charge < -0.3 is 16.2 Å². The molecule has 0 saturated heterocycles. The summed E-state index contributed by atoms with van der Waals surface area (Å²) < 4.78 is 0. The molecule has 0 aliphatic carbocycles. The Balaban J connectivity index is 1.40. The Hall–Kier alpha value is -4.27. The van der Waals surface area contributed by atoms with Crippen LogP contribution in [0.25, 0.3) is 16.8 Å². The summed E-state index contributed by atoms with van der Waals surface area (Å²) in [6, 6.07) is 23.0. The van der Waals surface area contributed by atoms with Crippen LogP contribution >= 0.6 is 11.8 Å². The quantitative estimate of drug-likeness (QED) is 0.186. The van der Waals surface area contributed by atoms with Crippen molar-refractivity contribution in [2.75, 3.05) is 16.8 Å². The Morgan fingerprint density at radius 2 is 1.71 bits per heavy atom. The molecule has 192 valence electrons. The number of carboxylic acids is 1. The van der Waals surface area contributed by atoms with Gasteiger partial charge in [-0.1, -0.05) is 60.7 Å². The molecule has 4 N–H and O–H groups in total. The Kier molecular flexibility index (Phi) is 9.02. The van der Waals surface area contributed by atoms with Crippen molar-refractivity contribution >= 4 is 52.0 Å². The van der Waals surface area contributed by atoms with Gasteiger partial charge in [0.15, 0.2) is 5.78 Å². The third kappa shape index (κ3) is 7.15. The first-order valence-corrected chi connectivity index (χ1v) is 13.1. The zero-order valence-corrected chi connectivity index (χ0v) is 21.3. The van der Waals surface area contributed by atoms with E-state index >= 15 is 0 Å². The Bertz CT molecular complexity index is 1460. The molecule has 0 fully saturated rings. The molecule has 4 aromatic rings. The summed E-state index contributed by atoms with van der Waals surface area (Å²) in [6.45, 7) is 0. The predicted octanol–water partition coefficient (Wildman–Crippen LogP) is 5.00. The molecule has 4 rings (SSSR count). The van der Waals surface area contributed by atoms with Gasteiger partial charge in [-0.15, -0.1) is 0 Å². The van der Waals surface area contributed by atoms with E-state index in [1.165, 1.54) is 17.8 Å². The molecule has 1 aromatic heterocycles. The molecule has 2 unspecified atom stereocenters. The number of nitrogens with two attached hydrogens (primary N) is 1. The van der Waals surface area contributed by atoms with E-state index in [-0.39, 0.29) is 17.4 Å². The van der Waals surface area contributed by atoms with Gasteiger partial charge in [-0.2, -0.15) is 11.8 Å². The first-order chi connectivity index (χ1) is 18.4. The highest BCUT2D eigenvalue weighted by Gasteiger charge is 2.23. The van der Waals surface area contributed by atoms with Gasteiger partial charge in [0.05, 0.1) is 5.92 Å². The number of Topliss-reactive ketones (excluding diaryl/α,β-unsaturated/α-hetero) is 1. The van der Waals surface area contributed by atoms with Crippen LogP contribution in [0.3, 0.4) is 0 Å². The van der Waals surface area contributed by atoms with E-state index in [4.69, 9.17) is 10.8 Å². The van der Waals surface area contributed by atoms with Crippen LogP contribution in [0, 0.1) is 0 Å². The van der Waals surface area contributed by atoms with Gasteiger partial charge in [0.1, 0.15) is 6.04 Å². The summed E-state index contributed by atoms with van der Waals surface area (Å²) in [6.07, 6.45) is 6.61. The maximum Gasteiger partial charge on any atom is 0.321 e. The number of nitrogens with one attached hydrogen (secondary N) is 1. The molecular formula is C30H27N3O4S. The highest BCUT2D eigenvalue weighted by atomic mass is 32.2. The third-order valence-electron chi connectivity index (χ3n) is 5.95. The van der Waals surface area contributed by atoms with Crippen LogP contribution in [0.2, 0.25) is 0 Å². The number of amides is 1. The van der Waals surface area contributed by atoms with Crippen molar-refractivity contribution in [2.24, 2.45) is 5.73 Å². The van der Waals surface area contributed by atoms with Crippen LogP contribution in [-0.2, 0) is 9.59 Å². The van der Waals surface area contributed by atoms with E-state index in [1.54, 1.807) is 42.7 Å². The molecule has 1 heterocycles. The van der Waals surface area contributed by atoms with E-state index in [1.807, 2.05) is 54.6 Å². The number of hydrogen-bond donors (Lipinski definition) is 3. The third-order valence-corrected chi connectivity index (χ3v) is 7.11. The van der Waals surface area contributed by atoms with Crippen molar-refractivity contribution in [3.8, 4) is 0 Å². The summed E-state index contributed by atoms with van der Waals surface area (Å²) in [5, 5.41) is 13.9. The second-order valence-electron chi connectivity index (χ2n) is 8.69. The van der Waals surface area contributed by atoms with Crippen LogP contribution in [0.15, 0.2) is 97.3 Å². The lowest BCUT2D eigenvalue weighted by Gasteiger charge is -2.17. The van der Waals surface area contributed by atoms with Gasteiger partial charge in [0, 0.05) is 46.6 Å². The molecule has 7 nitrogen and oxygen atoms in total. The first kappa shape index (κ1) is 26.8. The number of carbonyl (C=O) groups excluding carboxylic acids is 2. The van der Waals surface area contributed by atoms with Crippen molar-refractivity contribution in [1.82, 2.24) is 4.98 Å². The molecular weight excluding hydrogens is 498 g/mol. The van der Waals surface area contributed by atoms with Gasteiger partial charge in [-0.25, -0.2) is 0 Å². The fourth-order valence-electron chi connectivity index (χ4n) is 3.87. The summed E-state index contributed by atoms with van der Waals surface area (Å²) in [5.74, 6) is -1.20. The van der Waals surface area contributed by atoms with Gasteiger partial charge in [0.25, 0.3) is 0 Å². The maximum atomic E-state index is 13.4. The van der Waals surface area contributed by atoms with Crippen molar-refractivity contribution in [3.05, 3.63) is 114 Å². The highest BCUT2D eigenvalue weighted by Crippen LogP contribution is 2.26. The van der Waals surface area contributed by atoms with Crippen LogP contribution in [-0.4, -0.2) is 45.3 Å². The molecule has 2 atom stereocenters. The summed E-state index contributed by atoms with van der Waals surface area (Å²) in [5.41, 5.74) is 8.48. The number of rotatable bonds is 11. The van der Waals surface area contributed by atoms with Crippen molar-refractivity contribution < 1.29 is 19.5 Å². The predicted molar refractivity (Wildman–Crippen MR) is 152 cm³/mol. The number of aromatic nitrogens is 1. The van der Waals surface area contributed by atoms with Crippen molar-refractivity contribution in [1.29, 1.82) is 0 Å². The summed E-state index contributed by atoms with van der Waals surface area (Å²) >= 11 is 1.35. The number of carbonyl (C=O) groups is 3. The molecule has 38 heavy (non-hydrogen) atoms. The van der Waals surface area contributed by atoms with Gasteiger partial charge >= 0.3 is 5.97 Å². The van der Waals surface area contributed by atoms with Crippen molar-refractivity contribution in [2.45, 2.75) is 12.0 Å². The number of fused-ring (bicyclic) bond motifs is 1. The molecule has 0 bridgehead atoms. The maximum absolute atomic E-state index is 13.4. The largest absolute Gasteiger partial charge is 0.480 e. The van der Waals surface area contributed by atoms with Crippen LogP contribution in [0.1, 0.15) is 27.4 Å². The topological polar surface area (TPSA) is 122 Å². The normalized spacial score (nSPS) is 12.8. The molecule has 0 saturated carbocycles. The number of anilines is 1. The van der Waals surface area contributed by atoms with Crippen LogP contribution in [0.4, 0.5) is 5.69 Å². The van der Waals surface area contributed by atoms with E-state index in [2.05, 4.69) is 10.3 Å². The second kappa shape index (κ2) is 12.8. The number of hydrogen-bond acceptors (Lipinski definition) is 6. The fraction of sp³-hybridized carbons (Fsp3) is 0.133. The lowest BCUT2D eigenvalue weighted by molar-refractivity contribution is -0.137. The van der Waals surface area contributed by atoms with E-state index in [9.17, 15) is 14.4 Å². The van der Waals surface area contributed by atoms with Crippen molar-refractivity contribution in [3.63, 3.8) is 0 Å². The number of nitrogens with zero attached hydrogens (tertiary/aromatic N) is 1. The molecule has 3 aromatic carbocycles. The summed E-state index contributed by atoms with van der Waals surface area (Å²) in [4.78, 5) is 40.9. The minimum atomic E-state index is -1.06. The summed E-state index contributed by atoms with van der Waals surface area (Å²) in [7, 11) is 0. The number of pyridine rings is 1. The number of benzene rings is 3. The number of ketones is 1. The minimum absolute atomic E-state index is 0.0626. The molecule has 0 radical (unpaired) electrons. The smallest absolute Gasteiger partial charge is 0.321 e. The molecule has 1 amide bonds. The molecule has 8 heteroatoms. The number of carboxylic acid groups (broad SMARTS) is 1. The van der Waals surface area contributed by atoms with E-state index < -0.39 is 17.9 Å². The second-order valence-corrected chi connectivity index (χ2v) is 9.77.